The number of pyridine rings is 2. The van der Waals surface area contributed by atoms with Crippen molar-refractivity contribution in [2.75, 3.05) is 0 Å². The number of benzene rings is 5. The van der Waals surface area contributed by atoms with E-state index < -0.39 is 13.3 Å². The number of fused-ring (bicyclic) bond motifs is 4. The van der Waals surface area contributed by atoms with Crippen LogP contribution < -0.4 is 4.40 Å². The van der Waals surface area contributed by atoms with Gasteiger partial charge in [-0.3, -0.25) is 9.97 Å². The minimum Gasteiger partial charge on any atom is -0.499 e. The molecule has 1 radical (unpaired) electrons. The molecule has 0 bridgehead atoms. The second-order valence-electron chi connectivity index (χ2n) is 17.7. The molecule has 0 aliphatic carbocycles. The maximum atomic E-state index is 6.59. The van der Waals surface area contributed by atoms with Crippen LogP contribution in [0.1, 0.15) is 73.0 Å². The molecule has 0 unspecified atom stereocenters. The van der Waals surface area contributed by atoms with Crippen molar-refractivity contribution in [2.24, 2.45) is 0 Å². The van der Waals surface area contributed by atoms with E-state index in [2.05, 4.69) is 183 Å². The van der Waals surface area contributed by atoms with Crippen molar-refractivity contribution in [1.29, 1.82) is 0 Å². The van der Waals surface area contributed by atoms with Gasteiger partial charge >= 0.3 is 106 Å². The minimum absolute atomic E-state index is 0. The Morgan fingerprint density at radius 3 is 2.07 bits per heavy atom. The second kappa shape index (κ2) is 18.1. The van der Waals surface area contributed by atoms with Gasteiger partial charge in [-0.15, -0.1) is 17.7 Å². The molecule has 4 aromatic heterocycles. The van der Waals surface area contributed by atoms with Gasteiger partial charge in [0.05, 0.1) is 28.1 Å². The van der Waals surface area contributed by atoms with Crippen molar-refractivity contribution in [3.05, 3.63) is 167 Å². The zero-order valence-electron chi connectivity index (χ0n) is 36.9. The number of aromatic nitrogens is 4. The Kier molecular flexibility index (Phi) is 13.0. The van der Waals surface area contributed by atoms with Crippen LogP contribution in [0.4, 0.5) is 0 Å². The standard InChI is InChI=1S/C39H36N3O.C15H18GeN.Ir/c1-23(2)31-20-28(27-12-8-7-9-13-27)21-32(24(3)4)33(31)22-42-35-15-11-10-14-34(35)41-39(42)30-17-16-25(5)36-29-18-19-40-26(6)37(29)43-38(30)36;1-12-5-7-13(8-6-12)15-10-9-14(11-17-15)16(2,3)4;/h7-16,18-21,23-24H,22H2,1-6H3;5-7,9-11H,1-4H3;/q2*-1;. The molecule has 7 heteroatoms. The number of imidazole rings is 1. The molecule has 0 aliphatic heterocycles. The summed E-state index contributed by atoms with van der Waals surface area (Å²) in [5.74, 6) is 8.74. The molecule has 0 fully saturated rings. The Balaban J connectivity index is 0.000000262. The molecule has 9 rings (SSSR count). The SMILES string of the molecule is Cc1c[c-]c(-c2cc[c]([Ge]([CH3])([CH3])[CH3])cn2)cc1.Cc1nccc2c1oc1c(-c3nc4ccccc4n3Cc3c(C(C)C)cc(-c4ccccc4)cc3C(C)C)[c-]cc(C)c12.[Ir]. The topological polar surface area (TPSA) is 56.7 Å². The Bertz CT molecular complexity index is 2930. The van der Waals surface area contributed by atoms with E-state index in [0.29, 0.717) is 18.4 Å². The summed E-state index contributed by atoms with van der Waals surface area (Å²) >= 11 is -1.73. The van der Waals surface area contributed by atoms with E-state index in [1.165, 1.54) is 37.8 Å². The van der Waals surface area contributed by atoms with Gasteiger partial charge in [-0.2, -0.15) is 0 Å². The normalized spacial score (nSPS) is 11.7. The van der Waals surface area contributed by atoms with E-state index in [0.717, 1.165) is 66.9 Å². The Morgan fingerprint density at radius 1 is 0.721 bits per heavy atom. The number of hydrogen-bond acceptors (Lipinski definition) is 4. The Labute approximate surface area is 377 Å². The van der Waals surface area contributed by atoms with Crippen LogP contribution in [-0.2, 0) is 26.7 Å². The van der Waals surface area contributed by atoms with Crippen LogP contribution in [0.25, 0.3) is 66.7 Å². The van der Waals surface area contributed by atoms with Crippen LogP contribution in [0.15, 0.2) is 126 Å². The van der Waals surface area contributed by atoms with E-state index in [1.54, 1.807) is 0 Å². The average molecular weight is 1040 g/mol. The molecular formula is C54H54GeIrN4O-2. The average Bonchev–Trinajstić information content (AvgIpc) is 3.82. The largest absolute Gasteiger partial charge is 0.499 e. The molecule has 61 heavy (non-hydrogen) atoms. The van der Waals surface area contributed by atoms with Gasteiger partial charge in [-0.25, -0.2) is 0 Å². The van der Waals surface area contributed by atoms with Crippen molar-refractivity contribution in [2.45, 2.75) is 84.1 Å². The van der Waals surface area contributed by atoms with Crippen LogP contribution in [0.2, 0.25) is 17.3 Å². The van der Waals surface area contributed by atoms with E-state index in [9.17, 15) is 0 Å². The number of para-hydroxylation sites is 2. The summed E-state index contributed by atoms with van der Waals surface area (Å²) in [6.45, 7) is 16.1. The monoisotopic (exact) mass is 1040 g/mol. The molecule has 5 aromatic carbocycles. The van der Waals surface area contributed by atoms with E-state index >= 15 is 0 Å². The zero-order chi connectivity index (χ0) is 42.3. The fourth-order valence-corrected chi connectivity index (χ4v) is 10.3. The second-order valence-corrected chi connectivity index (χ2v) is 28.4. The van der Waals surface area contributed by atoms with Crippen LogP contribution in [0.5, 0.6) is 0 Å². The summed E-state index contributed by atoms with van der Waals surface area (Å²) in [4.78, 5) is 14.3. The molecule has 0 saturated heterocycles. The summed E-state index contributed by atoms with van der Waals surface area (Å²) in [6, 6.07) is 45.4. The van der Waals surface area contributed by atoms with Gasteiger partial charge < -0.3 is 8.98 Å². The van der Waals surface area contributed by atoms with Gasteiger partial charge in [0.1, 0.15) is 5.58 Å². The number of aryl methyl sites for hydroxylation is 3. The third-order valence-electron chi connectivity index (χ3n) is 11.6. The smallest absolute Gasteiger partial charge is 0.142 e. The Hall–Kier alpha value is -5.14. The molecule has 0 N–H and O–H groups in total. The molecule has 0 spiro atoms. The maximum absolute atomic E-state index is 6.59. The zero-order valence-corrected chi connectivity index (χ0v) is 41.4. The van der Waals surface area contributed by atoms with Crippen molar-refractivity contribution >= 4 is 50.6 Å². The predicted molar refractivity (Wildman–Crippen MR) is 254 cm³/mol. The van der Waals surface area contributed by atoms with Crippen LogP contribution in [0.3, 0.4) is 0 Å². The minimum atomic E-state index is -1.73. The number of furan rings is 1. The van der Waals surface area contributed by atoms with E-state index in [1.807, 2.05) is 31.5 Å². The number of rotatable bonds is 8. The van der Waals surface area contributed by atoms with Crippen LogP contribution in [-0.4, -0.2) is 32.8 Å². The van der Waals surface area contributed by atoms with E-state index in [4.69, 9.17) is 9.40 Å². The van der Waals surface area contributed by atoms with Gasteiger partial charge in [0, 0.05) is 38.2 Å². The molecule has 4 heterocycles. The fourth-order valence-electron chi connectivity index (χ4n) is 8.18. The van der Waals surface area contributed by atoms with Crippen molar-refractivity contribution in [1.82, 2.24) is 19.5 Å². The van der Waals surface area contributed by atoms with Gasteiger partial charge in [0.25, 0.3) is 0 Å². The predicted octanol–water partition coefficient (Wildman–Crippen LogP) is 13.8. The van der Waals surface area contributed by atoms with Crippen molar-refractivity contribution in [3.8, 4) is 33.8 Å². The molecule has 0 aliphatic rings. The molecule has 9 aromatic rings. The van der Waals surface area contributed by atoms with Crippen LogP contribution >= 0.6 is 0 Å². The molecule has 0 amide bonds. The van der Waals surface area contributed by atoms with Gasteiger partial charge in [0.2, 0.25) is 0 Å². The van der Waals surface area contributed by atoms with E-state index in [-0.39, 0.29) is 20.1 Å². The maximum Gasteiger partial charge on any atom is 0.142 e. The third kappa shape index (κ3) is 8.95. The van der Waals surface area contributed by atoms with Crippen LogP contribution in [0, 0.1) is 32.9 Å². The van der Waals surface area contributed by atoms with Crippen molar-refractivity contribution < 1.29 is 24.5 Å². The number of hydrogen-bond donors (Lipinski definition) is 0. The first-order valence-electron chi connectivity index (χ1n) is 21.1. The molecule has 0 atom stereocenters. The summed E-state index contributed by atoms with van der Waals surface area (Å²) < 4.78 is 10.4. The Morgan fingerprint density at radius 2 is 1.43 bits per heavy atom. The molecular weight excluding hydrogens is 985 g/mol. The van der Waals surface area contributed by atoms with Gasteiger partial charge in [-0.05, 0) is 64.8 Å². The molecule has 5 nitrogen and oxygen atoms in total. The summed E-state index contributed by atoms with van der Waals surface area (Å²) in [7, 11) is 0. The first-order valence-corrected chi connectivity index (χ1v) is 28.4. The quantitative estimate of drug-likeness (QED) is 0.112. The van der Waals surface area contributed by atoms with Gasteiger partial charge in [-0.1, -0.05) is 100 Å². The molecule has 0 saturated carbocycles. The number of nitrogens with zero attached hydrogens (tertiary/aromatic N) is 4. The first kappa shape index (κ1) is 43.9. The fraction of sp³-hybridized carbons (Fsp3) is 0.241. The third-order valence-corrected chi connectivity index (χ3v) is 15.8. The van der Waals surface area contributed by atoms with Crippen molar-refractivity contribution in [3.63, 3.8) is 0 Å². The first-order chi connectivity index (χ1) is 28.8. The summed E-state index contributed by atoms with van der Waals surface area (Å²) in [5.41, 5.74) is 16.5. The summed E-state index contributed by atoms with van der Waals surface area (Å²) in [6.07, 6.45) is 3.90. The molecule has 311 valence electrons. The summed E-state index contributed by atoms with van der Waals surface area (Å²) in [5, 5.41) is 2.18. The van der Waals surface area contributed by atoms with Gasteiger partial charge in [0.15, 0.2) is 0 Å².